The van der Waals surface area contributed by atoms with Crippen LogP contribution in [0.5, 0.6) is 5.75 Å². The number of aryl methyl sites for hydroxylation is 1. The van der Waals surface area contributed by atoms with Gasteiger partial charge in [0.15, 0.2) is 0 Å². The van der Waals surface area contributed by atoms with Gasteiger partial charge in [0.1, 0.15) is 12.2 Å². The molecule has 0 saturated carbocycles. The molecule has 5 nitrogen and oxygen atoms in total. The second kappa shape index (κ2) is 7.15. The lowest BCUT2D eigenvalue weighted by atomic mass is 10.2. The first-order chi connectivity index (χ1) is 12.0. The lowest BCUT2D eigenvalue weighted by Gasteiger charge is -2.17. The molecule has 6 heteroatoms. The number of ether oxygens (including phenoxy) is 1. The van der Waals surface area contributed by atoms with Crippen LogP contribution in [0.25, 0.3) is 0 Å². The highest BCUT2D eigenvalue weighted by molar-refractivity contribution is 6.31. The molecular weight excluding hydrogens is 340 g/mol. The van der Waals surface area contributed by atoms with Crippen molar-refractivity contribution in [3.05, 3.63) is 52.5 Å². The number of amides is 2. The van der Waals surface area contributed by atoms with Crippen molar-refractivity contribution in [1.29, 1.82) is 0 Å². The van der Waals surface area contributed by atoms with E-state index in [0.717, 1.165) is 23.2 Å². The maximum absolute atomic E-state index is 12.5. The Kier molecular flexibility index (Phi) is 4.95. The van der Waals surface area contributed by atoms with Gasteiger partial charge in [-0.1, -0.05) is 29.8 Å². The van der Waals surface area contributed by atoms with Crippen LogP contribution in [-0.4, -0.2) is 25.5 Å². The number of para-hydroxylation sites is 1. The number of fused-ring (bicyclic) bond motifs is 1. The first kappa shape index (κ1) is 17.3. The predicted octanol–water partition coefficient (Wildman–Crippen LogP) is 3.57. The van der Waals surface area contributed by atoms with Gasteiger partial charge in [-0.25, -0.2) is 0 Å². The van der Waals surface area contributed by atoms with Crippen molar-refractivity contribution in [2.75, 3.05) is 23.9 Å². The second-order valence-electron chi connectivity index (χ2n) is 5.95. The summed E-state index contributed by atoms with van der Waals surface area (Å²) in [4.78, 5) is 26.5. The fourth-order valence-electron chi connectivity index (χ4n) is 2.95. The van der Waals surface area contributed by atoms with E-state index in [0.29, 0.717) is 23.0 Å². The Labute approximate surface area is 151 Å². The van der Waals surface area contributed by atoms with Crippen molar-refractivity contribution in [2.45, 2.75) is 19.8 Å². The van der Waals surface area contributed by atoms with Crippen molar-refractivity contribution >= 4 is 34.8 Å². The third-order valence-corrected chi connectivity index (χ3v) is 4.66. The van der Waals surface area contributed by atoms with Crippen molar-refractivity contribution in [1.82, 2.24) is 0 Å². The van der Waals surface area contributed by atoms with E-state index in [1.54, 1.807) is 17.0 Å². The number of rotatable bonds is 4. The Morgan fingerprint density at radius 2 is 2.04 bits per heavy atom. The molecule has 0 fully saturated rings. The van der Waals surface area contributed by atoms with Crippen LogP contribution in [0.1, 0.15) is 17.5 Å². The van der Waals surface area contributed by atoms with Crippen LogP contribution in [0.15, 0.2) is 36.4 Å². The summed E-state index contributed by atoms with van der Waals surface area (Å²) in [5, 5.41) is 3.29. The van der Waals surface area contributed by atoms with E-state index < -0.39 is 0 Å². The molecule has 0 radical (unpaired) electrons. The molecular formula is C19H19ClN2O3. The topological polar surface area (TPSA) is 58.6 Å². The summed E-state index contributed by atoms with van der Waals surface area (Å²) in [5.41, 5.74) is 3.34. The molecule has 1 aliphatic heterocycles. The normalized spacial score (nSPS) is 12.7. The Bertz CT molecular complexity index is 835. The van der Waals surface area contributed by atoms with Crippen molar-refractivity contribution in [3.63, 3.8) is 0 Å². The smallest absolute Gasteiger partial charge is 0.236 e. The summed E-state index contributed by atoms with van der Waals surface area (Å²) < 4.78 is 5.24. The number of halogens is 1. The van der Waals surface area contributed by atoms with Crippen LogP contribution in [-0.2, 0) is 16.0 Å². The number of carbonyl (C=O) groups is 2. The second-order valence-corrected chi connectivity index (χ2v) is 6.36. The number of nitrogens with one attached hydrogen (secondary N) is 1. The highest BCUT2D eigenvalue weighted by Gasteiger charge is 2.25. The fourth-order valence-corrected chi connectivity index (χ4v) is 3.11. The average Bonchev–Trinajstić information content (AvgIpc) is 3.02. The van der Waals surface area contributed by atoms with Gasteiger partial charge >= 0.3 is 0 Å². The highest BCUT2D eigenvalue weighted by atomic mass is 35.5. The minimum absolute atomic E-state index is 0.216. The number of carbonyl (C=O) groups excluding carboxylic acids is 2. The SMILES string of the molecule is COc1cc(Cl)c(C)cc1NC(=O)CC(=O)N1CCc2ccccc21. The lowest BCUT2D eigenvalue weighted by molar-refractivity contribution is -0.125. The molecule has 25 heavy (non-hydrogen) atoms. The molecule has 0 unspecified atom stereocenters. The Morgan fingerprint density at radius 1 is 1.28 bits per heavy atom. The van der Waals surface area contributed by atoms with Gasteiger partial charge in [0.2, 0.25) is 11.8 Å². The van der Waals surface area contributed by atoms with Crippen molar-refractivity contribution in [3.8, 4) is 5.75 Å². The molecule has 0 aliphatic carbocycles. The van der Waals surface area contributed by atoms with E-state index in [9.17, 15) is 9.59 Å². The fraction of sp³-hybridized carbons (Fsp3) is 0.263. The van der Waals surface area contributed by atoms with Gasteiger partial charge in [-0.2, -0.15) is 0 Å². The van der Waals surface area contributed by atoms with Crippen LogP contribution >= 0.6 is 11.6 Å². The number of hydrogen-bond donors (Lipinski definition) is 1. The molecule has 1 N–H and O–H groups in total. The number of hydrogen-bond acceptors (Lipinski definition) is 3. The minimum Gasteiger partial charge on any atom is -0.495 e. The van der Waals surface area contributed by atoms with E-state index in [1.807, 2.05) is 31.2 Å². The minimum atomic E-state index is -0.380. The Balaban J connectivity index is 1.69. The summed E-state index contributed by atoms with van der Waals surface area (Å²) >= 11 is 6.07. The van der Waals surface area contributed by atoms with Crippen molar-refractivity contribution in [2.24, 2.45) is 0 Å². The maximum atomic E-state index is 12.5. The first-order valence-electron chi connectivity index (χ1n) is 8.02. The van der Waals surface area contributed by atoms with Gasteiger partial charge in [-0.05, 0) is 36.6 Å². The van der Waals surface area contributed by atoms with Crippen molar-refractivity contribution < 1.29 is 14.3 Å². The van der Waals surface area contributed by atoms with Crippen LogP contribution < -0.4 is 15.0 Å². The number of nitrogens with zero attached hydrogens (tertiary/aromatic N) is 1. The molecule has 0 atom stereocenters. The summed E-state index contributed by atoms with van der Waals surface area (Å²) in [6, 6.07) is 11.1. The maximum Gasteiger partial charge on any atom is 0.236 e. The summed E-state index contributed by atoms with van der Waals surface area (Å²) in [6.45, 7) is 2.44. The third-order valence-electron chi connectivity index (χ3n) is 4.25. The summed E-state index contributed by atoms with van der Waals surface area (Å²) in [5.74, 6) is -0.135. The van der Waals surface area contributed by atoms with Gasteiger partial charge in [-0.15, -0.1) is 0 Å². The highest BCUT2D eigenvalue weighted by Crippen LogP contribution is 2.31. The zero-order chi connectivity index (χ0) is 18.0. The van der Waals surface area contributed by atoms with Gasteiger partial charge in [0.25, 0.3) is 0 Å². The quantitative estimate of drug-likeness (QED) is 0.850. The molecule has 2 aromatic carbocycles. The van der Waals surface area contributed by atoms with Crippen LogP contribution in [0.2, 0.25) is 5.02 Å². The van der Waals surface area contributed by atoms with Crippen LogP contribution in [0.3, 0.4) is 0 Å². The zero-order valence-corrected chi connectivity index (χ0v) is 14.9. The molecule has 0 bridgehead atoms. The predicted molar refractivity (Wildman–Crippen MR) is 98.5 cm³/mol. The molecule has 2 amide bonds. The molecule has 130 valence electrons. The van der Waals surface area contributed by atoms with Crippen LogP contribution in [0.4, 0.5) is 11.4 Å². The Morgan fingerprint density at radius 3 is 2.80 bits per heavy atom. The van der Waals surface area contributed by atoms with Gasteiger partial charge < -0.3 is 15.0 Å². The molecule has 1 heterocycles. The molecule has 1 aliphatic rings. The zero-order valence-electron chi connectivity index (χ0n) is 14.1. The summed E-state index contributed by atoms with van der Waals surface area (Å²) in [6.07, 6.45) is 0.590. The summed E-state index contributed by atoms with van der Waals surface area (Å²) in [7, 11) is 1.50. The standard InChI is InChI=1S/C19H19ClN2O3/c1-12-9-15(17(25-2)10-14(12)20)21-18(23)11-19(24)22-8-7-13-5-3-4-6-16(13)22/h3-6,9-10H,7-8,11H2,1-2H3,(H,21,23). The Hall–Kier alpha value is -2.53. The largest absolute Gasteiger partial charge is 0.495 e. The third kappa shape index (κ3) is 3.61. The van der Waals surface area contributed by atoms with Crippen LogP contribution in [0, 0.1) is 6.92 Å². The molecule has 0 aromatic heterocycles. The van der Waals surface area contributed by atoms with E-state index in [-0.39, 0.29) is 18.2 Å². The molecule has 3 rings (SSSR count). The van der Waals surface area contributed by atoms with Gasteiger partial charge in [0.05, 0.1) is 12.8 Å². The molecule has 0 saturated heterocycles. The van der Waals surface area contributed by atoms with E-state index in [1.165, 1.54) is 7.11 Å². The molecule has 0 spiro atoms. The first-order valence-corrected chi connectivity index (χ1v) is 8.39. The molecule has 2 aromatic rings. The number of benzene rings is 2. The van der Waals surface area contributed by atoms with E-state index in [2.05, 4.69) is 5.32 Å². The van der Waals surface area contributed by atoms with E-state index in [4.69, 9.17) is 16.3 Å². The average molecular weight is 359 g/mol. The van der Waals surface area contributed by atoms with Gasteiger partial charge in [0, 0.05) is 23.3 Å². The lowest BCUT2D eigenvalue weighted by Crippen LogP contribution is -2.32. The number of methoxy groups -OCH3 is 1. The van der Waals surface area contributed by atoms with E-state index >= 15 is 0 Å². The monoisotopic (exact) mass is 358 g/mol. The number of anilines is 2. The van der Waals surface area contributed by atoms with Gasteiger partial charge in [-0.3, -0.25) is 9.59 Å².